The monoisotopic (exact) mass is 666 g/mol. The van der Waals surface area contributed by atoms with E-state index in [1.807, 2.05) is 11.3 Å². The first-order valence-electron chi connectivity index (χ1n) is 17.4. The van der Waals surface area contributed by atoms with E-state index in [4.69, 9.17) is 0 Å². The van der Waals surface area contributed by atoms with Crippen LogP contribution in [0, 0.1) is 0 Å². The van der Waals surface area contributed by atoms with Gasteiger partial charge in [-0.2, -0.15) is 0 Å². The molecule has 0 aliphatic carbocycles. The molecular formula is C48H30N2S. The molecule has 0 aliphatic rings. The van der Waals surface area contributed by atoms with Gasteiger partial charge in [0.05, 0.1) is 22.1 Å². The zero-order valence-electron chi connectivity index (χ0n) is 27.6. The third-order valence-electron chi connectivity index (χ3n) is 10.5. The summed E-state index contributed by atoms with van der Waals surface area (Å²) in [6.45, 7) is 0. The Labute approximate surface area is 298 Å². The lowest BCUT2D eigenvalue weighted by Crippen LogP contribution is -1.95. The van der Waals surface area contributed by atoms with Gasteiger partial charge in [0.2, 0.25) is 0 Å². The van der Waals surface area contributed by atoms with E-state index < -0.39 is 0 Å². The normalized spacial score (nSPS) is 11.9. The summed E-state index contributed by atoms with van der Waals surface area (Å²) in [5, 5.41) is 7.76. The second-order valence-electron chi connectivity index (χ2n) is 13.3. The Kier molecular flexibility index (Phi) is 6.16. The number of aromatic nitrogens is 2. The van der Waals surface area contributed by atoms with Crippen molar-refractivity contribution in [3.63, 3.8) is 0 Å². The maximum Gasteiger partial charge on any atom is 0.0634 e. The van der Waals surface area contributed by atoms with Crippen molar-refractivity contribution in [2.75, 3.05) is 0 Å². The average Bonchev–Trinajstić information content (AvgIpc) is 3.86. The largest absolute Gasteiger partial charge is 0.309 e. The highest BCUT2D eigenvalue weighted by molar-refractivity contribution is 7.26. The predicted molar refractivity (Wildman–Crippen MR) is 219 cm³/mol. The lowest BCUT2D eigenvalue weighted by atomic mass is 10.0. The molecule has 238 valence electrons. The fourth-order valence-corrected chi connectivity index (χ4v) is 9.31. The van der Waals surface area contributed by atoms with E-state index in [2.05, 4.69) is 191 Å². The van der Waals surface area contributed by atoms with Gasteiger partial charge in [0.25, 0.3) is 0 Å². The van der Waals surface area contributed by atoms with Gasteiger partial charge in [-0.3, -0.25) is 0 Å². The van der Waals surface area contributed by atoms with E-state index in [-0.39, 0.29) is 0 Å². The van der Waals surface area contributed by atoms with Crippen LogP contribution in [0.4, 0.5) is 0 Å². The molecule has 3 heterocycles. The van der Waals surface area contributed by atoms with Gasteiger partial charge in [-0.1, -0.05) is 127 Å². The van der Waals surface area contributed by atoms with Crippen LogP contribution in [0.3, 0.4) is 0 Å². The molecule has 0 fully saturated rings. The van der Waals surface area contributed by atoms with Crippen molar-refractivity contribution in [1.29, 1.82) is 0 Å². The van der Waals surface area contributed by atoms with Crippen molar-refractivity contribution in [2.24, 2.45) is 0 Å². The Balaban J connectivity index is 1.07. The zero-order valence-corrected chi connectivity index (χ0v) is 28.4. The first-order chi connectivity index (χ1) is 25.3. The average molecular weight is 667 g/mol. The third-order valence-corrected chi connectivity index (χ3v) is 11.7. The number of hydrogen-bond acceptors (Lipinski definition) is 1. The summed E-state index contributed by atoms with van der Waals surface area (Å²) in [6.07, 6.45) is 0. The molecule has 3 aromatic heterocycles. The molecule has 11 aromatic rings. The summed E-state index contributed by atoms with van der Waals surface area (Å²) in [4.78, 5) is 0. The molecule has 0 N–H and O–H groups in total. The van der Waals surface area contributed by atoms with Crippen molar-refractivity contribution in [1.82, 2.24) is 9.13 Å². The highest BCUT2D eigenvalue weighted by atomic mass is 32.1. The minimum atomic E-state index is 1.16. The maximum absolute atomic E-state index is 2.49. The minimum Gasteiger partial charge on any atom is -0.309 e. The fraction of sp³-hybridized carbons (Fsp3) is 0. The molecule has 0 atom stereocenters. The van der Waals surface area contributed by atoms with Crippen LogP contribution in [0.5, 0.6) is 0 Å². The lowest BCUT2D eigenvalue weighted by Gasteiger charge is -2.12. The van der Waals surface area contributed by atoms with E-state index in [1.165, 1.54) is 91.7 Å². The first-order valence-corrected chi connectivity index (χ1v) is 18.3. The molecule has 0 bridgehead atoms. The number of fused-ring (bicyclic) bond motifs is 10. The fourth-order valence-electron chi connectivity index (χ4n) is 8.20. The van der Waals surface area contributed by atoms with Gasteiger partial charge in [-0.25, -0.2) is 0 Å². The molecule has 11 rings (SSSR count). The highest BCUT2D eigenvalue weighted by Crippen LogP contribution is 2.44. The summed E-state index contributed by atoms with van der Waals surface area (Å²) in [6, 6.07) is 66.6. The second-order valence-corrected chi connectivity index (χ2v) is 14.4. The number of thiophene rings is 1. The van der Waals surface area contributed by atoms with E-state index in [0.29, 0.717) is 0 Å². The molecule has 0 saturated carbocycles. The Morgan fingerprint density at radius 1 is 0.314 bits per heavy atom. The number of nitrogens with zero attached hydrogens (tertiary/aromatic N) is 2. The number of hydrogen-bond donors (Lipinski definition) is 0. The minimum absolute atomic E-state index is 1.16. The van der Waals surface area contributed by atoms with Crippen molar-refractivity contribution < 1.29 is 0 Å². The summed E-state index contributed by atoms with van der Waals surface area (Å²) in [5.74, 6) is 0. The van der Waals surface area contributed by atoms with Gasteiger partial charge in [-0.05, 0) is 76.9 Å². The van der Waals surface area contributed by atoms with Crippen molar-refractivity contribution in [3.05, 3.63) is 182 Å². The number of benzene rings is 8. The standard InChI is InChI=1S/C48H30N2S/c1-2-10-31(11-3-1)34-22-27-39-40-28-29-46-47(41-14-6-9-17-45(41)51-46)48(40)50(44(39)30-34)36-25-20-33(21-26-36)32-18-23-35(24-19-32)49-42-15-7-4-12-37(42)38-13-5-8-16-43(38)49/h1-30H. The van der Waals surface area contributed by atoms with Crippen LogP contribution in [0.15, 0.2) is 182 Å². The Morgan fingerprint density at radius 3 is 1.51 bits per heavy atom. The first kappa shape index (κ1) is 28.4. The molecule has 0 spiro atoms. The molecule has 0 aliphatic heterocycles. The number of para-hydroxylation sites is 2. The smallest absolute Gasteiger partial charge is 0.0634 e. The Bertz CT molecular complexity index is 3050. The summed E-state index contributed by atoms with van der Waals surface area (Å²) < 4.78 is 7.50. The van der Waals surface area contributed by atoms with Gasteiger partial charge in [-0.15, -0.1) is 11.3 Å². The predicted octanol–water partition coefficient (Wildman–Crippen LogP) is 13.6. The molecule has 3 heteroatoms. The van der Waals surface area contributed by atoms with E-state index >= 15 is 0 Å². The van der Waals surface area contributed by atoms with E-state index in [1.54, 1.807) is 0 Å². The lowest BCUT2D eigenvalue weighted by molar-refractivity contribution is 1.18. The molecule has 8 aromatic carbocycles. The van der Waals surface area contributed by atoms with Crippen LogP contribution in [0.25, 0.3) is 97.4 Å². The van der Waals surface area contributed by atoms with Crippen LogP contribution in [-0.2, 0) is 0 Å². The molecule has 0 saturated heterocycles. The third kappa shape index (κ3) is 4.29. The SMILES string of the molecule is c1ccc(-c2ccc3c4ccc5sc6ccccc6c5c4n(-c4ccc(-c5ccc(-n6c7ccccc7c7ccccc76)cc5)cc4)c3c2)cc1. The summed E-state index contributed by atoms with van der Waals surface area (Å²) >= 11 is 1.88. The van der Waals surface area contributed by atoms with Crippen LogP contribution >= 0.6 is 11.3 Å². The molecule has 2 nitrogen and oxygen atoms in total. The second kappa shape index (κ2) is 11.0. The Morgan fingerprint density at radius 2 is 0.824 bits per heavy atom. The van der Waals surface area contributed by atoms with Gasteiger partial charge < -0.3 is 9.13 Å². The van der Waals surface area contributed by atoms with E-state index in [0.717, 1.165) is 5.69 Å². The van der Waals surface area contributed by atoms with Gasteiger partial charge in [0, 0.05) is 53.1 Å². The van der Waals surface area contributed by atoms with Gasteiger partial charge >= 0.3 is 0 Å². The Hall–Kier alpha value is -6.42. The summed E-state index contributed by atoms with van der Waals surface area (Å²) in [7, 11) is 0. The molecule has 0 amide bonds. The highest BCUT2D eigenvalue weighted by Gasteiger charge is 2.19. The van der Waals surface area contributed by atoms with Crippen LogP contribution in [0.1, 0.15) is 0 Å². The van der Waals surface area contributed by atoms with Crippen LogP contribution in [-0.4, -0.2) is 9.13 Å². The van der Waals surface area contributed by atoms with Crippen molar-refractivity contribution >= 4 is 75.1 Å². The van der Waals surface area contributed by atoms with E-state index in [9.17, 15) is 0 Å². The van der Waals surface area contributed by atoms with Crippen LogP contribution < -0.4 is 0 Å². The van der Waals surface area contributed by atoms with Crippen LogP contribution in [0.2, 0.25) is 0 Å². The quantitative estimate of drug-likeness (QED) is 0.177. The maximum atomic E-state index is 2.49. The van der Waals surface area contributed by atoms with Gasteiger partial charge in [0.15, 0.2) is 0 Å². The van der Waals surface area contributed by atoms with Crippen molar-refractivity contribution in [2.45, 2.75) is 0 Å². The summed E-state index contributed by atoms with van der Waals surface area (Å²) in [5.41, 5.74) is 12.1. The molecule has 0 radical (unpaired) electrons. The van der Waals surface area contributed by atoms with Crippen molar-refractivity contribution in [3.8, 4) is 33.6 Å². The molecule has 0 unspecified atom stereocenters. The zero-order chi connectivity index (χ0) is 33.5. The van der Waals surface area contributed by atoms with Gasteiger partial charge in [0.1, 0.15) is 0 Å². The molecule has 51 heavy (non-hydrogen) atoms. The number of rotatable bonds is 4. The topological polar surface area (TPSA) is 9.86 Å². The molecular weight excluding hydrogens is 637 g/mol.